The minimum Gasteiger partial charge on any atom is -0.366 e. The van der Waals surface area contributed by atoms with E-state index in [1.165, 1.54) is 12.1 Å². The first kappa shape index (κ1) is 14.5. The molecular weight excluding hydrogens is 319 g/mol. The van der Waals surface area contributed by atoms with E-state index in [9.17, 15) is 9.65 Å². The number of nitriles is 1. The Morgan fingerprint density at radius 3 is 2.55 bits per heavy atom. The van der Waals surface area contributed by atoms with Crippen molar-refractivity contribution in [2.45, 2.75) is 19.9 Å². The van der Waals surface area contributed by atoms with Crippen LogP contribution in [0.3, 0.4) is 0 Å². The second kappa shape index (κ2) is 6.06. The summed E-state index contributed by atoms with van der Waals surface area (Å²) < 4.78 is 14.4. The van der Waals surface area contributed by atoms with E-state index in [0.717, 1.165) is 21.2 Å². The zero-order valence-corrected chi connectivity index (χ0v) is 12.8. The van der Waals surface area contributed by atoms with Gasteiger partial charge < -0.3 is 5.32 Å². The maximum atomic E-state index is 13.4. The molecular formula is C16H14BrFN2. The first-order valence-electron chi connectivity index (χ1n) is 6.19. The van der Waals surface area contributed by atoms with Gasteiger partial charge in [-0.3, -0.25) is 0 Å². The van der Waals surface area contributed by atoms with Crippen LogP contribution in [0.2, 0.25) is 0 Å². The van der Waals surface area contributed by atoms with Gasteiger partial charge in [0.1, 0.15) is 11.9 Å². The van der Waals surface area contributed by atoms with Gasteiger partial charge in [-0.2, -0.15) is 5.26 Å². The number of anilines is 1. The zero-order valence-electron chi connectivity index (χ0n) is 11.2. The highest BCUT2D eigenvalue weighted by molar-refractivity contribution is 9.10. The standard InChI is InChI=1S/C16H14BrFN2/c1-10-5-13(18)8-14(6-10)20-16(9-19)12-3-4-15(17)11(2)7-12/h3-8,16,20H,1-2H3. The maximum absolute atomic E-state index is 13.4. The molecule has 0 bridgehead atoms. The zero-order chi connectivity index (χ0) is 14.7. The Morgan fingerprint density at radius 2 is 1.95 bits per heavy atom. The van der Waals surface area contributed by atoms with Crippen LogP contribution in [-0.2, 0) is 0 Å². The number of halogens is 2. The van der Waals surface area contributed by atoms with Gasteiger partial charge in [-0.15, -0.1) is 0 Å². The summed E-state index contributed by atoms with van der Waals surface area (Å²) in [5, 5.41) is 12.4. The van der Waals surface area contributed by atoms with Crippen molar-refractivity contribution in [3.8, 4) is 6.07 Å². The topological polar surface area (TPSA) is 35.8 Å². The molecule has 2 nitrogen and oxygen atoms in total. The van der Waals surface area contributed by atoms with Gasteiger partial charge in [-0.25, -0.2) is 4.39 Å². The van der Waals surface area contributed by atoms with Gasteiger partial charge in [0.05, 0.1) is 6.07 Å². The van der Waals surface area contributed by atoms with E-state index >= 15 is 0 Å². The SMILES string of the molecule is Cc1cc(F)cc(NC(C#N)c2ccc(Br)c(C)c2)c1. The normalized spacial score (nSPS) is 11.8. The van der Waals surface area contributed by atoms with E-state index in [-0.39, 0.29) is 5.82 Å². The summed E-state index contributed by atoms with van der Waals surface area (Å²) in [4.78, 5) is 0. The highest BCUT2D eigenvalue weighted by Gasteiger charge is 2.12. The molecule has 2 aromatic rings. The van der Waals surface area contributed by atoms with E-state index in [4.69, 9.17) is 0 Å². The van der Waals surface area contributed by atoms with Crippen molar-refractivity contribution in [1.82, 2.24) is 0 Å². The third kappa shape index (κ3) is 3.37. The molecule has 0 aliphatic heterocycles. The van der Waals surface area contributed by atoms with Crippen LogP contribution in [0.15, 0.2) is 40.9 Å². The summed E-state index contributed by atoms with van der Waals surface area (Å²) in [5.74, 6) is -0.309. The molecule has 0 aromatic heterocycles. The summed E-state index contributed by atoms with van der Waals surface area (Å²) in [6, 6.07) is 12.1. The molecule has 0 saturated heterocycles. The molecule has 0 spiro atoms. The fourth-order valence-corrected chi connectivity index (χ4v) is 2.27. The second-order valence-electron chi connectivity index (χ2n) is 4.73. The summed E-state index contributed by atoms with van der Waals surface area (Å²) in [6.45, 7) is 3.79. The van der Waals surface area contributed by atoms with Crippen LogP contribution >= 0.6 is 15.9 Å². The average molecular weight is 333 g/mol. The van der Waals surface area contributed by atoms with Gasteiger partial charge in [0.2, 0.25) is 0 Å². The van der Waals surface area contributed by atoms with Crippen molar-refractivity contribution >= 4 is 21.6 Å². The van der Waals surface area contributed by atoms with Gasteiger partial charge in [0, 0.05) is 10.2 Å². The third-order valence-corrected chi connectivity index (χ3v) is 3.89. The van der Waals surface area contributed by atoms with Crippen LogP contribution in [0.4, 0.5) is 10.1 Å². The van der Waals surface area contributed by atoms with E-state index in [1.54, 1.807) is 0 Å². The third-order valence-electron chi connectivity index (χ3n) is 3.00. The summed E-state index contributed by atoms with van der Waals surface area (Å²) in [7, 11) is 0. The van der Waals surface area contributed by atoms with Gasteiger partial charge >= 0.3 is 0 Å². The fourth-order valence-electron chi connectivity index (χ4n) is 2.02. The van der Waals surface area contributed by atoms with Crippen molar-refractivity contribution in [2.24, 2.45) is 0 Å². The van der Waals surface area contributed by atoms with Crippen LogP contribution < -0.4 is 5.32 Å². The molecule has 1 N–H and O–H groups in total. The van der Waals surface area contributed by atoms with Gasteiger partial charge in [0.25, 0.3) is 0 Å². The molecule has 2 rings (SSSR count). The predicted octanol–water partition coefficient (Wildman–Crippen LogP) is 4.88. The lowest BCUT2D eigenvalue weighted by Crippen LogP contribution is -2.09. The number of nitrogens with zero attached hydrogens (tertiary/aromatic N) is 1. The summed E-state index contributed by atoms with van der Waals surface area (Å²) in [6.07, 6.45) is 0. The monoisotopic (exact) mass is 332 g/mol. The van der Waals surface area contributed by atoms with Crippen LogP contribution in [-0.4, -0.2) is 0 Å². The first-order valence-corrected chi connectivity index (χ1v) is 6.98. The Labute approximate surface area is 126 Å². The molecule has 1 unspecified atom stereocenters. The smallest absolute Gasteiger partial charge is 0.140 e. The lowest BCUT2D eigenvalue weighted by atomic mass is 10.0. The first-order chi connectivity index (χ1) is 9.49. The van der Waals surface area contributed by atoms with E-state index in [1.807, 2.05) is 38.1 Å². The lowest BCUT2D eigenvalue weighted by Gasteiger charge is -2.15. The van der Waals surface area contributed by atoms with Crippen molar-refractivity contribution in [1.29, 1.82) is 5.26 Å². The molecule has 0 saturated carbocycles. The van der Waals surface area contributed by atoms with Crippen LogP contribution in [0.5, 0.6) is 0 Å². The van der Waals surface area contributed by atoms with Crippen molar-refractivity contribution in [3.63, 3.8) is 0 Å². The van der Waals surface area contributed by atoms with E-state index in [0.29, 0.717) is 5.69 Å². The number of rotatable bonds is 3. The predicted molar refractivity (Wildman–Crippen MR) is 82.0 cm³/mol. The highest BCUT2D eigenvalue weighted by atomic mass is 79.9. The fraction of sp³-hybridized carbons (Fsp3) is 0.188. The van der Waals surface area contributed by atoms with Crippen LogP contribution in [0.1, 0.15) is 22.7 Å². The number of benzene rings is 2. The molecule has 102 valence electrons. The maximum Gasteiger partial charge on any atom is 0.140 e. The molecule has 0 aliphatic carbocycles. The molecule has 0 aliphatic rings. The van der Waals surface area contributed by atoms with Gasteiger partial charge in [-0.05, 0) is 54.8 Å². The van der Waals surface area contributed by atoms with Crippen molar-refractivity contribution < 1.29 is 4.39 Å². The molecule has 20 heavy (non-hydrogen) atoms. The van der Waals surface area contributed by atoms with Crippen molar-refractivity contribution in [2.75, 3.05) is 5.32 Å². The summed E-state index contributed by atoms with van der Waals surface area (Å²) in [5.41, 5.74) is 3.33. The number of nitrogens with one attached hydrogen (secondary N) is 1. The number of hydrogen-bond acceptors (Lipinski definition) is 2. The molecule has 0 amide bonds. The average Bonchev–Trinajstić information content (AvgIpc) is 2.38. The Bertz CT molecular complexity index is 656. The minimum absolute atomic E-state index is 0.309. The molecule has 2 aromatic carbocycles. The van der Waals surface area contributed by atoms with Gasteiger partial charge in [0.15, 0.2) is 0 Å². The highest BCUT2D eigenvalue weighted by Crippen LogP contribution is 2.24. The summed E-state index contributed by atoms with van der Waals surface area (Å²) >= 11 is 3.43. The van der Waals surface area contributed by atoms with Crippen LogP contribution in [0, 0.1) is 31.0 Å². The molecule has 0 radical (unpaired) electrons. The van der Waals surface area contributed by atoms with Crippen LogP contribution in [0.25, 0.3) is 0 Å². The molecule has 1 atom stereocenters. The quantitative estimate of drug-likeness (QED) is 0.869. The number of aryl methyl sites for hydroxylation is 2. The molecule has 4 heteroatoms. The lowest BCUT2D eigenvalue weighted by molar-refractivity contribution is 0.627. The Hall–Kier alpha value is -1.86. The van der Waals surface area contributed by atoms with E-state index in [2.05, 4.69) is 27.3 Å². The molecule has 0 heterocycles. The molecule has 0 fully saturated rings. The Kier molecular flexibility index (Phi) is 4.41. The Balaban J connectivity index is 2.29. The van der Waals surface area contributed by atoms with Crippen molar-refractivity contribution in [3.05, 3.63) is 63.4 Å². The van der Waals surface area contributed by atoms with E-state index < -0.39 is 6.04 Å². The van der Waals surface area contributed by atoms with Gasteiger partial charge in [-0.1, -0.05) is 28.1 Å². The second-order valence-corrected chi connectivity index (χ2v) is 5.59. The Morgan fingerprint density at radius 1 is 1.20 bits per heavy atom. The number of hydrogen-bond donors (Lipinski definition) is 1. The minimum atomic E-state index is -0.511. The largest absolute Gasteiger partial charge is 0.366 e.